The smallest absolute Gasteiger partial charge is 0.260 e. The van der Waals surface area contributed by atoms with Gasteiger partial charge in [-0.05, 0) is 37.5 Å². The third-order valence-corrected chi connectivity index (χ3v) is 3.41. The van der Waals surface area contributed by atoms with Crippen LogP contribution in [0.15, 0.2) is 29.4 Å². The molecule has 1 unspecified atom stereocenters. The molecule has 1 atom stereocenters. The van der Waals surface area contributed by atoms with Crippen molar-refractivity contribution < 1.29 is 14.4 Å². The predicted octanol–water partition coefficient (Wildman–Crippen LogP) is 2.55. The minimum atomic E-state index is -0.191. The molecule has 6 heteroatoms. The largest absolute Gasteiger partial charge is 0.385 e. The Balaban J connectivity index is 2.50. The van der Waals surface area contributed by atoms with Gasteiger partial charge in [-0.25, -0.2) is 0 Å². The first kappa shape index (κ1) is 18.7. The van der Waals surface area contributed by atoms with Crippen molar-refractivity contribution in [1.82, 2.24) is 5.32 Å². The number of nitrogens with one attached hydrogen (secondary N) is 2. The number of hydrogen-bond donors (Lipinski definition) is 2. The zero-order valence-corrected chi connectivity index (χ0v) is 14.3. The zero-order valence-electron chi connectivity index (χ0n) is 14.3. The van der Waals surface area contributed by atoms with Gasteiger partial charge in [0.15, 0.2) is 6.61 Å². The van der Waals surface area contributed by atoms with E-state index in [9.17, 15) is 9.59 Å². The normalized spacial score (nSPS) is 12.7. The summed E-state index contributed by atoms with van der Waals surface area (Å²) in [6, 6.07) is 7.32. The lowest BCUT2D eigenvalue weighted by Crippen LogP contribution is -2.38. The van der Waals surface area contributed by atoms with E-state index in [4.69, 9.17) is 4.84 Å². The lowest BCUT2D eigenvalue weighted by atomic mass is 10.1. The molecule has 126 valence electrons. The molecule has 0 bridgehead atoms. The Morgan fingerprint density at radius 2 is 1.74 bits per heavy atom. The summed E-state index contributed by atoms with van der Waals surface area (Å²) in [4.78, 5) is 27.7. The molecule has 23 heavy (non-hydrogen) atoms. The van der Waals surface area contributed by atoms with E-state index >= 15 is 0 Å². The number of carbonyl (C=O) groups excluding carboxylic acids is 2. The third kappa shape index (κ3) is 6.95. The summed E-state index contributed by atoms with van der Waals surface area (Å²) in [5.41, 5.74) is 2.23. The van der Waals surface area contributed by atoms with Crippen molar-refractivity contribution in [3.05, 3.63) is 29.8 Å². The van der Waals surface area contributed by atoms with Gasteiger partial charge >= 0.3 is 0 Å². The van der Waals surface area contributed by atoms with Crippen LogP contribution in [0.25, 0.3) is 0 Å². The number of benzene rings is 1. The highest BCUT2D eigenvalue weighted by Gasteiger charge is 2.10. The maximum absolute atomic E-state index is 11.7. The molecule has 1 rings (SSSR count). The Morgan fingerprint density at radius 3 is 2.26 bits per heavy atom. The van der Waals surface area contributed by atoms with E-state index in [2.05, 4.69) is 15.8 Å². The summed E-state index contributed by atoms with van der Waals surface area (Å²) in [7, 11) is 0. The van der Waals surface area contributed by atoms with E-state index in [1.54, 1.807) is 19.1 Å². The molecule has 0 saturated heterocycles. The number of anilines is 1. The summed E-state index contributed by atoms with van der Waals surface area (Å²) in [6.07, 6.45) is 0. The molecule has 2 amide bonds. The highest BCUT2D eigenvalue weighted by molar-refractivity contribution is 5.99. The molecule has 1 aromatic rings. The zero-order chi connectivity index (χ0) is 17.4. The van der Waals surface area contributed by atoms with Crippen molar-refractivity contribution in [2.75, 3.05) is 11.9 Å². The summed E-state index contributed by atoms with van der Waals surface area (Å²) in [5.74, 6) is 0.0585. The maximum Gasteiger partial charge on any atom is 0.260 e. The molecule has 0 aromatic heterocycles. The average Bonchev–Trinajstić information content (AvgIpc) is 2.47. The fraction of sp³-hybridized carbons (Fsp3) is 0.471. The highest BCUT2D eigenvalue weighted by atomic mass is 16.6. The van der Waals surface area contributed by atoms with Crippen LogP contribution in [-0.4, -0.2) is 30.2 Å². The average molecular weight is 319 g/mol. The molecule has 1 aromatic carbocycles. The molecule has 0 aliphatic carbocycles. The number of oxime groups is 1. The summed E-state index contributed by atoms with van der Waals surface area (Å²) >= 11 is 0. The van der Waals surface area contributed by atoms with Gasteiger partial charge in [0, 0.05) is 18.7 Å². The fourth-order valence-corrected chi connectivity index (χ4v) is 1.70. The minimum Gasteiger partial charge on any atom is -0.385 e. The Kier molecular flexibility index (Phi) is 7.25. The van der Waals surface area contributed by atoms with Crippen molar-refractivity contribution >= 4 is 23.2 Å². The van der Waals surface area contributed by atoms with E-state index in [1.807, 2.05) is 32.9 Å². The topological polar surface area (TPSA) is 79.8 Å². The third-order valence-electron chi connectivity index (χ3n) is 3.41. The monoisotopic (exact) mass is 319 g/mol. The van der Waals surface area contributed by atoms with Gasteiger partial charge in [0.25, 0.3) is 5.91 Å². The first-order valence-electron chi connectivity index (χ1n) is 7.63. The predicted molar refractivity (Wildman–Crippen MR) is 91.4 cm³/mol. The van der Waals surface area contributed by atoms with Crippen molar-refractivity contribution in [3.8, 4) is 0 Å². The van der Waals surface area contributed by atoms with E-state index in [-0.39, 0.29) is 24.5 Å². The number of nitrogens with zero attached hydrogens (tertiary/aromatic N) is 1. The van der Waals surface area contributed by atoms with Crippen LogP contribution >= 0.6 is 0 Å². The summed E-state index contributed by atoms with van der Waals surface area (Å²) in [6.45, 7) is 9.17. The second-order valence-electron chi connectivity index (χ2n) is 5.81. The highest BCUT2D eigenvalue weighted by Crippen LogP contribution is 2.10. The van der Waals surface area contributed by atoms with Crippen molar-refractivity contribution in [2.45, 2.75) is 40.7 Å². The standard InChI is InChI=1S/C17H25N3O3/c1-11(2)12(3)18-17(22)10-23-20-13(4)15-6-8-16(9-7-15)19-14(5)21/h6-9,11-12H,10H2,1-5H3,(H,18,22)(H,19,21). The summed E-state index contributed by atoms with van der Waals surface area (Å²) < 4.78 is 0. The SMILES string of the molecule is CC(=O)Nc1ccc(C(C)=NOCC(=O)NC(C)C(C)C)cc1. The fourth-order valence-electron chi connectivity index (χ4n) is 1.70. The molecule has 0 heterocycles. The number of carbonyl (C=O) groups is 2. The van der Waals surface area contributed by atoms with Crippen LogP contribution in [-0.2, 0) is 14.4 Å². The molecule has 0 fully saturated rings. The molecule has 0 radical (unpaired) electrons. The van der Waals surface area contributed by atoms with Gasteiger partial charge in [-0.15, -0.1) is 0 Å². The van der Waals surface area contributed by atoms with Gasteiger partial charge in [0.1, 0.15) is 0 Å². The van der Waals surface area contributed by atoms with Gasteiger partial charge in [-0.3, -0.25) is 9.59 Å². The van der Waals surface area contributed by atoms with Crippen LogP contribution < -0.4 is 10.6 Å². The van der Waals surface area contributed by atoms with E-state index in [1.165, 1.54) is 6.92 Å². The molecule has 0 aliphatic rings. The number of hydrogen-bond acceptors (Lipinski definition) is 4. The first-order chi connectivity index (χ1) is 10.8. The minimum absolute atomic E-state index is 0.0949. The van der Waals surface area contributed by atoms with E-state index in [0.717, 1.165) is 11.3 Å². The van der Waals surface area contributed by atoms with Crippen molar-refractivity contribution in [2.24, 2.45) is 11.1 Å². The van der Waals surface area contributed by atoms with Crippen LogP contribution in [0.4, 0.5) is 5.69 Å². The Bertz CT molecular complexity index is 565. The van der Waals surface area contributed by atoms with E-state index in [0.29, 0.717) is 11.6 Å². The molecule has 0 saturated carbocycles. The first-order valence-corrected chi connectivity index (χ1v) is 7.63. The lowest BCUT2D eigenvalue weighted by Gasteiger charge is -2.16. The van der Waals surface area contributed by atoms with Gasteiger partial charge in [0.2, 0.25) is 5.91 Å². The van der Waals surface area contributed by atoms with Crippen LogP contribution in [0.3, 0.4) is 0 Å². The van der Waals surface area contributed by atoms with Gasteiger partial charge < -0.3 is 15.5 Å². The van der Waals surface area contributed by atoms with Gasteiger partial charge in [0.05, 0.1) is 5.71 Å². The molecule has 6 nitrogen and oxygen atoms in total. The van der Waals surface area contributed by atoms with Crippen LogP contribution in [0.5, 0.6) is 0 Å². The van der Waals surface area contributed by atoms with Crippen molar-refractivity contribution in [3.63, 3.8) is 0 Å². The van der Waals surface area contributed by atoms with Crippen LogP contribution in [0, 0.1) is 5.92 Å². The number of rotatable bonds is 7. The van der Waals surface area contributed by atoms with Gasteiger partial charge in [-0.1, -0.05) is 31.1 Å². The summed E-state index contributed by atoms with van der Waals surface area (Å²) in [5, 5.41) is 9.48. The quantitative estimate of drug-likeness (QED) is 0.599. The van der Waals surface area contributed by atoms with E-state index < -0.39 is 0 Å². The maximum atomic E-state index is 11.7. The lowest BCUT2D eigenvalue weighted by molar-refractivity contribution is -0.126. The second kappa shape index (κ2) is 8.92. The van der Waals surface area contributed by atoms with Gasteiger partial charge in [-0.2, -0.15) is 0 Å². The Hall–Kier alpha value is -2.37. The Labute approximate surface area is 137 Å². The Morgan fingerprint density at radius 1 is 1.13 bits per heavy atom. The molecule has 2 N–H and O–H groups in total. The van der Waals surface area contributed by atoms with Crippen LogP contribution in [0.2, 0.25) is 0 Å². The molecule has 0 aliphatic heterocycles. The van der Waals surface area contributed by atoms with Crippen molar-refractivity contribution in [1.29, 1.82) is 0 Å². The molecule has 0 spiro atoms. The number of amides is 2. The molecular weight excluding hydrogens is 294 g/mol. The van der Waals surface area contributed by atoms with Crippen LogP contribution in [0.1, 0.15) is 40.2 Å². The molecular formula is C17H25N3O3. The second-order valence-corrected chi connectivity index (χ2v) is 5.81.